The van der Waals surface area contributed by atoms with E-state index < -0.39 is 0 Å². The largest absolute Gasteiger partial charge is 0.858 e. The molecular weight excluding hydrogens is 280 g/mol. The summed E-state index contributed by atoms with van der Waals surface area (Å²) >= 11 is 0. The van der Waals surface area contributed by atoms with Gasteiger partial charge in [-0.25, -0.2) is 4.98 Å². The van der Waals surface area contributed by atoms with Gasteiger partial charge in [-0.2, -0.15) is 5.10 Å². The highest BCUT2D eigenvalue weighted by Gasteiger charge is 2.18. The van der Waals surface area contributed by atoms with E-state index in [4.69, 9.17) is 6.42 Å². The average molecular weight is 290 g/mol. The molecule has 4 aromatic rings. The maximum absolute atomic E-state index is 12.2. The van der Waals surface area contributed by atoms with Crippen LogP contribution >= 0.6 is 0 Å². The Morgan fingerprint density at radius 3 is 3.14 bits per heavy atom. The van der Waals surface area contributed by atoms with Crippen molar-refractivity contribution >= 4 is 28.1 Å². The first-order valence-corrected chi connectivity index (χ1v) is 6.59. The molecule has 7 heteroatoms. The second kappa shape index (κ2) is 4.56. The predicted molar refractivity (Wildman–Crippen MR) is 78.2 cm³/mol. The standard InChI is InChI=1S/C15H10N6O/c1-2-6-18-15(22)11-5-3-4-10-9-20-14-13(16-7-8-17-14)19-21(20)12(10)11/h1,3-5,7-9H,6H2,(H-,16,18,19,22). The third-order valence-corrected chi connectivity index (χ3v) is 3.41. The summed E-state index contributed by atoms with van der Waals surface area (Å²) < 4.78 is 3.55. The van der Waals surface area contributed by atoms with Crippen LogP contribution in [0.1, 0.15) is 5.56 Å². The number of aromatic nitrogens is 5. The van der Waals surface area contributed by atoms with Crippen molar-refractivity contribution in [3.8, 4) is 12.3 Å². The average Bonchev–Trinajstić information content (AvgIpc) is 3.08. The number of aliphatic imine (C=N–C) groups is 1. The molecule has 0 aliphatic heterocycles. The van der Waals surface area contributed by atoms with E-state index in [1.165, 1.54) is 0 Å². The van der Waals surface area contributed by atoms with Crippen LogP contribution in [-0.2, 0) is 0 Å². The van der Waals surface area contributed by atoms with Crippen LogP contribution in [0.2, 0.25) is 0 Å². The van der Waals surface area contributed by atoms with Crippen molar-refractivity contribution in [2.75, 3.05) is 6.54 Å². The molecule has 22 heavy (non-hydrogen) atoms. The summed E-state index contributed by atoms with van der Waals surface area (Å²) in [7, 11) is 0. The van der Waals surface area contributed by atoms with E-state index in [9.17, 15) is 5.11 Å². The molecule has 0 saturated carbocycles. The van der Waals surface area contributed by atoms with E-state index in [-0.39, 0.29) is 12.4 Å². The molecule has 1 N–H and O–H groups in total. The van der Waals surface area contributed by atoms with Crippen LogP contribution in [-0.4, -0.2) is 32.1 Å². The monoisotopic (exact) mass is 290 g/mol. The SMILES string of the molecule is C#CCN=C([O-])c1cccc2c[n+]3c4nccnc4[nH]n3c12. The molecule has 7 nitrogen and oxygen atoms in total. The lowest BCUT2D eigenvalue weighted by Gasteiger charge is -2.10. The van der Waals surface area contributed by atoms with Gasteiger partial charge in [0.05, 0.1) is 12.7 Å². The van der Waals surface area contributed by atoms with E-state index in [1.54, 1.807) is 23.1 Å². The molecule has 0 atom stereocenters. The quantitative estimate of drug-likeness (QED) is 0.238. The van der Waals surface area contributed by atoms with E-state index in [0.717, 1.165) is 5.39 Å². The summed E-state index contributed by atoms with van der Waals surface area (Å²) in [6.45, 7) is 0.0622. The zero-order valence-electron chi connectivity index (χ0n) is 11.4. The van der Waals surface area contributed by atoms with Gasteiger partial charge in [0.1, 0.15) is 17.9 Å². The van der Waals surface area contributed by atoms with E-state index in [1.807, 2.05) is 22.8 Å². The lowest BCUT2D eigenvalue weighted by molar-refractivity contribution is -0.591. The number of nitrogens with zero attached hydrogens (tertiary/aromatic N) is 5. The predicted octanol–water partition coefficient (Wildman–Crippen LogP) is -0.311. The van der Waals surface area contributed by atoms with Gasteiger partial charge in [0.2, 0.25) is 0 Å². The number of hydrogen-bond acceptors (Lipinski definition) is 4. The number of terminal acetylenes is 1. The van der Waals surface area contributed by atoms with Gasteiger partial charge in [-0.3, -0.25) is 4.99 Å². The number of rotatable bonds is 2. The van der Waals surface area contributed by atoms with Gasteiger partial charge < -0.3 is 5.11 Å². The summed E-state index contributed by atoms with van der Waals surface area (Å²) in [5.41, 5.74) is 2.50. The van der Waals surface area contributed by atoms with Crippen molar-refractivity contribution < 1.29 is 9.62 Å². The zero-order chi connectivity index (χ0) is 15.1. The molecule has 0 bridgehead atoms. The van der Waals surface area contributed by atoms with Gasteiger partial charge in [0, 0.05) is 10.9 Å². The summed E-state index contributed by atoms with van der Waals surface area (Å²) in [6, 6.07) is 5.46. The first-order valence-electron chi connectivity index (χ1n) is 6.59. The minimum atomic E-state index is -0.344. The molecule has 0 aliphatic rings. The van der Waals surface area contributed by atoms with Crippen LogP contribution in [0.5, 0.6) is 0 Å². The maximum atomic E-state index is 12.2. The summed E-state index contributed by atoms with van der Waals surface area (Å²) in [5.74, 6) is 2.00. The highest BCUT2D eigenvalue weighted by atomic mass is 16.3. The number of benzene rings is 1. The fraction of sp³-hybridized carbons (Fsp3) is 0.0667. The Bertz CT molecular complexity index is 1080. The van der Waals surface area contributed by atoms with Gasteiger partial charge >= 0.3 is 5.65 Å². The van der Waals surface area contributed by atoms with Crippen LogP contribution in [0.15, 0.2) is 41.8 Å². The van der Waals surface area contributed by atoms with Crippen LogP contribution in [0.4, 0.5) is 0 Å². The van der Waals surface area contributed by atoms with Gasteiger partial charge in [0.15, 0.2) is 0 Å². The Labute approximate surface area is 124 Å². The molecule has 0 radical (unpaired) electrons. The molecule has 106 valence electrons. The van der Waals surface area contributed by atoms with E-state index in [0.29, 0.717) is 22.4 Å². The van der Waals surface area contributed by atoms with Crippen LogP contribution < -0.4 is 9.62 Å². The Balaban J connectivity index is 2.10. The lowest BCUT2D eigenvalue weighted by atomic mass is 10.1. The van der Waals surface area contributed by atoms with Crippen molar-refractivity contribution in [3.63, 3.8) is 0 Å². The number of aromatic amines is 1. The third-order valence-electron chi connectivity index (χ3n) is 3.41. The topological polar surface area (TPSA) is 85.5 Å². The smallest absolute Gasteiger partial charge is 0.346 e. The molecule has 1 aromatic carbocycles. The van der Waals surface area contributed by atoms with Crippen molar-refractivity contribution in [1.29, 1.82) is 0 Å². The van der Waals surface area contributed by atoms with E-state index in [2.05, 4.69) is 26.0 Å². The molecule has 3 aromatic heterocycles. The van der Waals surface area contributed by atoms with Gasteiger partial charge in [-0.1, -0.05) is 22.7 Å². The minimum absolute atomic E-state index is 0.0622. The molecule has 0 unspecified atom stereocenters. The third kappa shape index (κ3) is 1.64. The van der Waals surface area contributed by atoms with Crippen LogP contribution in [0.25, 0.3) is 22.2 Å². The minimum Gasteiger partial charge on any atom is -0.858 e. The fourth-order valence-corrected chi connectivity index (χ4v) is 2.52. The molecule has 3 heterocycles. The number of para-hydroxylation sites is 1. The number of fused-ring (bicyclic) bond motifs is 5. The van der Waals surface area contributed by atoms with Crippen molar-refractivity contribution in [1.82, 2.24) is 19.7 Å². The maximum Gasteiger partial charge on any atom is 0.346 e. The Morgan fingerprint density at radius 1 is 1.41 bits per heavy atom. The van der Waals surface area contributed by atoms with Gasteiger partial charge in [-0.05, 0) is 12.0 Å². The fourth-order valence-electron chi connectivity index (χ4n) is 2.52. The second-order valence-electron chi connectivity index (χ2n) is 4.69. The normalized spacial score (nSPS) is 12.2. The molecular formula is C15H10N6O. The molecule has 4 rings (SSSR count). The summed E-state index contributed by atoms with van der Waals surface area (Å²) in [6.07, 6.45) is 10.3. The van der Waals surface area contributed by atoms with Gasteiger partial charge in [-0.15, -0.1) is 15.9 Å². The Hall–Kier alpha value is -3.40. The van der Waals surface area contributed by atoms with E-state index >= 15 is 0 Å². The number of hydrogen-bond donors (Lipinski definition) is 1. The van der Waals surface area contributed by atoms with Crippen molar-refractivity contribution in [2.24, 2.45) is 4.99 Å². The zero-order valence-corrected chi connectivity index (χ0v) is 11.4. The Kier molecular flexibility index (Phi) is 2.56. The highest BCUT2D eigenvalue weighted by molar-refractivity contribution is 6.03. The van der Waals surface area contributed by atoms with Crippen LogP contribution in [0.3, 0.4) is 0 Å². The molecule has 0 saturated heterocycles. The highest BCUT2D eigenvalue weighted by Crippen LogP contribution is 2.17. The number of H-pyrrole nitrogens is 1. The molecule has 0 amide bonds. The first-order chi connectivity index (χ1) is 10.8. The summed E-state index contributed by atoms with van der Waals surface area (Å²) in [4.78, 5) is 12.4. The van der Waals surface area contributed by atoms with Crippen LogP contribution in [0, 0.1) is 12.3 Å². The van der Waals surface area contributed by atoms with Crippen molar-refractivity contribution in [2.45, 2.75) is 0 Å². The molecule has 0 aliphatic carbocycles. The summed E-state index contributed by atoms with van der Waals surface area (Å²) in [5, 5.41) is 16.3. The van der Waals surface area contributed by atoms with Gasteiger partial charge in [0.25, 0.3) is 5.65 Å². The first kappa shape index (κ1) is 12.3. The second-order valence-corrected chi connectivity index (χ2v) is 4.69. The van der Waals surface area contributed by atoms with Crippen molar-refractivity contribution in [3.05, 3.63) is 42.4 Å². The number of nitrogens with one attached hydrogen (secondary N) is 1. The molecule has 0 fully saturated rings. The lowest BCUT2D eigenvalue weighted by Crippen LogP contribution is -2.26. The molecule has 0 spiro atoms. The Morgan fingerprint density at radius 2 is 2.27 bits per heavy atom.